The molecule has 1 N–H and O–H groups in total. The van der Waals surface area contributed by atoms with Gasteiger partial charge < -0.3 is 5.32 Å². The second kappa shape index (κ2) is 6.33. The van der Waals surface area contributed by atoms with Crippen LogP contribution in [0.15, 0.2) is 25.3 Å². The van der Waals surface area contributed by atoms with Gasteiger partial charge >= 0.3 is 0 Å². The molecule has 1 unspecified atom stereocenters. The minimum absolute atomic E-state index is 0.335. The van der Waals surface area contributed by atoms with Gasteiger partial charge in [-0.05, 0) is 19.8 Å². The average Bonchev–Trinajstić information content (AvgIpc) is 3.09. The largest absolute Gasteiger partial charge is 0.313 e. The summed E-state index contributed by atoms with van der Waals surface area (Å²) in [6, 6.07) is 0.528. The Labute approximate surface area is 104 Å². The van der Waals surface area contributed by atoms with Gasteiger partial charge in [0.2, 0.25) is 10.0 Å². The van der Waals surface area contributed by atoms with Crippen LogP contribution in [-0.2, 0) is 10.0 Å². The first-order chi connectivity index (χ1) is 8.02. The molecule has 0 amide bonds. The van der Waals surface area contributed by atoms with Crippen LogP contribution in [0.2, 0.25) is 0 Å². The van der Waals surface area contributed by atoms with E-state index < -0.39 is 15.3 Å². The van der Waals surface area contributed by atoms with E-state index in [-0.39, 0.29) is 0 Å². The molecule has 5 heteroatoms. The van der Waals surface area contributed by atoms with Crippen molar-refractivity contribution in [3.05, 3.63) is 25.3 Å². The molecule has 0 saturated heterocycles. The fraction of sp³-hybridized carbons (Fsp3) is 0.667. The van der Waals surface area contributed by atoms with Gasteiger partial charge in [0.1, 0.15) is 0 Å². The minimum Gasteiger partial charge on any atom is -0.313 e. The summed E-state index contributed by atoms with van der Waals surface area (Å²) in [5.74, 6) is 0. The van der Waals surface area contributed by atoms with Crippen LogP contribution in [0.4, 0.5) is 0 Å². The van der Waals surface area contributed by atoms with Crippen LogP contribution in [0.1, 0.15) is 19.8 Å². The summed E-state index contributed by atoms with van der Waals surface area (Å²) in [5.41, 5.74) is 0. The second-order valence-corrected chi connectivity index (χ2v) is 6.78. The zero-order valence-electron chi connectivity index (χ0n) is 10.4. The third-order valence-electron chi connectivity index (χ3n) is 2.81. The minimum atomic E-state index is -3.26. The predicted octanol–water partition coefficient (Wildman–Crippen LogP) is 1.13. The van der Waals surface area contributed by atoms with Crippen molar-refractivity contribution in [1.29, 1.82) is 0 Å². The molecule has 0 bridgehead atoms. The van der Waals surface area contributed by atoms with Crippen molar-refractivity contribution in [3.8, 4) is 0 Å². The highest BCUT2D eigenvalue weighted by molar-refractivity contribution is 7.89. The first-order valence-electron chi connectivity index (χ1n) is 5.96. The molecule has 98 valence electrons. The number of hydrogen-bond donors (Lipinski definition) is 1. The zero-order valence-corrected chi connectivity index (χ0v) is 11.2. The van der Waals surface area contributed by atoms with Crippen molar-refractivity contribution >= 4 is 10.0 Å². The molecule has 0 aromatic carbocycles. The summed E-state index contributed by atoms with van der Waals surface area (Å²) in [5, 5.41) is 2.83. The quantitative estimate of drug-likeness (QED) is 0.631. The third kappa shape index (κ3) is 4.26. The Bertz CT molecular complexity index is 351. The Morgan fingerprint density at radius 1 is 1.35 bits per heavy atom. The molecule has 0 radical (unpaired) electrons. The molecule has 0 aromatic rings. The Kier molecular flexibility index (Phi) is 5.36. The third-order valence-corrected chi connectivity index (χ3v) is 5.01. The lowest BCUT2D eigenvalue weighted by molar-refractivity contribution is 0.460. The summed E-state index contributed by atoms with van der Waals surface area (Å²) in [6.45, 7) is 10.1. The molecular formula is C12H22N2O2S. The molecule has 1 aliphatic rings. The molecule has 1 rings (SSSR count). The summed E-state index contributed by atoms with van der Waals surface area (Å²) < 4.78 is 25.9. The lowest BCUT2D eigenvalue weighted by Gasteiger charge is -2.23. The standard InChI is InChI=1S/C12H22N2O2S/c1-4-8-14(9-5-2)17(15,16)11(3)10-13-12-6-7-12/h4-5,11-13H,1-2,6-10H2,3H3. The van der Waals surface area contributed by atoms with E-state index in [9.17, 15) is 8.42 Å². The number of nitrogens with zero attached hydrogens (tertiary/aromatic N) is 1. The Morgan fingerprint density at radius 3 is 2.29 bits per heavy atom. The predicted molar refractivity (Wildman–Crippen MR) is 71.4 cm³/mol. The van der Waals surface area contributed by atoms with Crippen molar-refractivity contribution < 1.29 is 8.42 Å². The lowest BCUT2D eigenvalue weighted by atomic mass is 10.4. The summed E-state index contributed by atoms with van der Waals surface area (Å²) in [4.78, 5) is 0. The molecule has 4 nitrogen and oxygen atoms in total. The molecule has 0 aliphatic heterocycles. The van der Waals surface area contributed by atoms with Crippen molar-refractivity contribution in [2.45, 2.75) is 31.1 Å². The van der Waals surface area contributed by atoms with E-state index >= 15 is 0 Å². The van der Waals surface area contributed by atoms with Gasteiger partial charge in [0.15, 0.2) is 0 Å². The smallest absolute Gasteiger partial charge is 0.218 e. The molecule has 0 heterocycles. The van der Waals surface area contributed by atoms with Gasteiger partial charge in [0.05, 0.1) is 5.25 Å². The van der Waals surface area contributed by atoms with Gasteiger partial charge in [-0.15, -0.1) is 13.2 Å². The zero-order chi connectivity index (χ0) is 12.9. The highest BCUT2D eigenvalue weighted by atomic mass is 32.2. The molecule has 1 atom stereocenters. The average molecular weight is 258 g/mol. The Hall–Kier alpha value is -0.650. The molecule has 0 aromatic heterocycles. The number of sulfonamides is 1. The second-order valence-electron chi connectivity index (χ2n) is 4.43. The van der Waals surface area contributed by atoms with E-state index in [1.54, 1.807) is 19.1 Å². The molecule has 0 spiro atoms. The van der Waals surface area contributed by atoms with Crippen LogP contribution in [-0.4, -0.2) is 43.6 Å². The van der Waals surface area contributed by atoms with Crippen LogP contribution in [0, 0.1) is 0 Å². The van der Waals surface area contributed by atoms with Gasteiger partial charge in [0, 0.05) is 25.7 Å². The van der Waals surface area contributed by atoms with Crippen LogP contribution < -0.4 is 5.32 Å². The van der Waals surface area contributed by atoms with E-state index in [1.807, 2.05) is 0 Å². The van der Waals surface area contributed by atoms with Crippen molar-refractivity contribution in [3.63, 3.8) is 0 Å². The van der Waals surface area contributed by atoms with E-state index in [0.29, 0.717) is 25.7 Å². The number of rotatable bonds is 9. The molecule has 17 heavy (non-hydrogen) atoms. The highest BCUT2D eigenvalue weighted by Crippen LogP contribution is 2.19. The summed E-state index contributed by atoms with van der Waals surface area (Å²) >= 11 is 0. The van der Waals surface area contributed by atoms with Crippen LogP contribution in [0.25, 0.3) is 0 Å². The Balaban J connectivity index is 2.59. The van der Waals surface area contributed by atoms with Crippen molar-refractivity contribution in [2.75, 3.05) is 19.6 Å². The van der Waals surface area contributed by atoms with Gasteiger partial charge in [-0.25, -0.2) is 8.42 Å². The maximum atomic E-state index is 12.2. The number of hydrogen-bond acceptors (Lipinski definition) is 3. The molecular weight excluding hydrogens is 236 g/mol. The van der Waals surface area contributed by atoms with Gasteiger partial charge in [-0.3, -0.25) is 0 Å². The first-order valence-corrected chi connectivity index (χ1v) is 7.46. The fourth-order valence-corrected chi connectivity index (χ4v) is 2.99. The number of nitrogens with one attached hydrogen (secondary N) is 1. The summed E-state index contributed by atoms with van der Waals surface area (Å²) in [7, 11) is -3.26. The molecule has 1 saturated carbocycles. The van der Waals surface area contributed by atoms with E-state index in [1.165, 1.54) is 4.31 Å². The highest BCUT2D eigenvalue weighted by Gasteiger charge is 2.29. The van der Waals surface area contributed by atoms with Crippen LogP contribution in [0.3, 0.4) is 0 Å². The molecule has 1 fully saturated rings. The van der Waals surface area contributed by atoms with E-state index in [2.05, 4.69) is 18.5 Å². The SMILES string of the molecule is C=CCN(CC=C)S(=O)(=O)C(C)CNC1CC1. The van der Waals surface area contributed by atoms with Crippen LogP contribution >= 0.6 is 0 Å². The van der Waals surface area contributed by atoms with E-state index in [4.69, 9.17) is 0 Å². The van der Waals surface area contributed by atoms with Crippen molar-refractivity contribution in [1.82, 2.24) is 9.62 Å². The monoisotopic (exact) mass is 258 g/mol. The van der Waals surface area contributed by atoms with E-state index in [0.717, 1.165) is 12.8 Å². The maximum absolute atomic E-state index is 12.2. The van der Waals surface area contributed by atoms with Crippen LogP contribution in [0.5, 0.6) is 0 Å². The topological polar surface area (TPSA) is 49.4 Å². The fourth-order valence-electron chi connectivity index (χ4n) is 1.55. The van der Waals surface area contributed by atoms with Gasteiger partial charge in [-0.2, -0.15) is 4.31 Å². The van der Waals surface area contributed by atoms with Crippen molar-refractivity contribution in [2.24, 2.45) is 0 Å². The first kappa shape index (κ1) is 14.4. The Morgan fingerprint density at radius 2 is 1.88 bits per heavy atom. The summed E-state index contributed by atoms with van der Waals surface area (Å²) in [6.07, 6.45) is 5.52. The maximum Gasteiger partial charge on any atom is 0.218 e. The molecule has 1 aliphatic carbocycles. The van der Waals surface area contributed by atoms with Gasteiger partial charge in [0.25, 0.3) is 0 Å². The van der Waals surface area contributed by atoms with Gasteiger partial charge in [-0.1, -0.05) is 12.2 Å². The lowest BCUT2D eigenvalue weighted by Crippen LogP contribution is -2.42. The normalized spacial score (nSPS) is 18.0.